The molecule has 1 aromatic carbocycles. The Hall–Kier alpha value is -0.315. The summed E-state index contributed by atoms with van der Waals surface area (Å²) in [6, 6.07) is 5.41. The minimum absolute atomic E-state index is 0.676. The molecule has 1 aromatic rings. The highest BCUT2D eigenvalue weighted by atomic mass is 27.1. The molecule has 0 aromatic heterocycles. The monoisotopic (exact) mass is 175 g/mol. The van der Waals surface area contributed by atoms with Crippen molar-refractivity contribution in [2.45, 2.75) is 0 Å². The molecule has 0 aliphatic heterocycles. The Morgan fingerprint density at radius 3 is 1.82 bits per heavy atom. The van der Waals surface area contributed by atoms with Gasteiger partial charge in [0, 0.05) is 11.4 Å². The summed E-state index contributed by atoms with van der Waals surface area (Å²) >= 11 is 5.00. The first-order valence-electron chi connectivity index (χ1n) is 3.05. The number of nitrogens with two attached hydrogens (primary N) is 2. The first-order chi connectivity index (χ1) is 5.09. The summed E-state index contributed by atoms with van der Waals surface area (Å²) in [5.41, 5.74) is 13.5. The maximum absolute atomic E-state index is 5.57. The number of nitrogens with zero attached hydrogens (tertiary/aromatic N) is 1. The molecule has 0 saturated carbocycles. The normalized spacial score (nSPS) is 9.45. The average molecular weight is 175 g/mol. The van der Waals surface area contributed by atoms with Crippen LogP contribution in [0.15, 0.2) is 18.2 Å². The van der Waals surface area contributed by atoms with E-state index in [4.69, 9.17) is 11.5 Å². The van der Waals surface area contributed by atoms with Crippen LogP contribution in [0.1, 0.15) is 0 Å². The summed E-state index contributed by atoms with van der Waals surface area (Å²) in [4.78, 5) is 0. The number of anilines is 3. The van der Waals surface area contributed by atoms with Gasteiger partial charge in [-0.15, -0.1) is 0 Å². The molecular formula is C6H7Al2N3. The van der Waals surface area contributed by atoms with Gasteiger partial charge in [-0.1, -0.05) is 0 Å². The van der Waals surface area contributed by atoms with Gasteiger partial charge in [0.15, 0.2) is 0 Å². The Balaban J connectivity index is 3.08. The molecule has 52 valence electrons. The summed E-state index contributed by atoms with van der Waals surface area (Å²) in [6.07, 6.45) is 0. The van der Waals surface area contributed by atoms with E-state index in [0.717, 1.165) is 5.69 Å². The van der Waals surface area contributed by atoms with E-state index >= 15 is 0 Å². The van der Waals surface area contributed by atoms with Gasteiger partial charge in [-0.05, 0) is 23.9 Å². The molecule has 0 heterocycles. The van der Waals surface area contributed by atoms with Gasteiger partial charge in [0.1, 0.15) is 0 Å². The van der Waals surface area contributed by atoms with E-state index in [-0.39, 0.29) is 0 Å². The van der Waals surface area contributed by atoms with Crippen LogP contribution < -0.4 is 14.3 Å². The van der Waals surface area contributed by atoms with Gasteiger partial charge in [-0.25, -0.2) is 0 Å². The first kappa shape index (κ1) is 8.78. The van der Waals surface area contributed by atoms with Gasteiger partial charge < -0.3 is 14.3 Å². The number of rotatable bonds is 1. The Morgan fingerprint density at radius 1 is 1.00 bits per heavy atom. The molecule has 0 saturated heterocycles. The third kappa shape index (κ3) is 2.32. The van der Waals surface area contributed by atoms with Gasteiger partial charge in [0.25, 0.3) is 33.0 Å². The standard InChI is InChI=1S/C6H7N3.2Al/c7-4-1-5(8)3-6(9)2-4;;/h1-3H,7-8H2;;. The molecule has 0 unspecified atom stereocenters. The first-order valence-corrected chi connectivity index (χ1v) is 4.08. The van der Waals surface area contributed by atoms with Crippen molar-refractivity contribution in [3.8, 4) is 0 Å². The summed E-state index contributed by atoms with van der Waals surface area (Å²) in [5, 5.41) is 0. The molecule has 0 aliphatic carbocycles. The quantitative estimate of drug-likeness (QED) is 0.460. The summed E-state index contributed by atoms with van der Waals surface area (Å²) in [7, 11) is 0. The number of hydrogen-bond acceptors (Lipinski definition) is 3. The molecule has 0 spiro atoms. The number of hydrogen-bond donors (Lipinski definition) is 2. The van der Waals surface area contributed by atoms with Crippen molar-refractivity contribution < 1.29 is 0 Å². The Morgan fingerprint density at radius 2 is 1.45 bits per heavy atom. The van der Waals surface area contributed by atoms with Crippen LogP contribution in [0.25, 0.3) is 0 Å². The lowest BCUT2D eigenvalue weighted by Gasteiger charge is -2.18. The van der Waals surface area contributed by atoms with Crippen molar-refractivity contribution in [2.75, 3.05) is 14.3 Å². The molecule has 4 radical (unpaired) electrons. The topological polar surface area (TPSA) is 55.3 Å². The van der Waals surface area contributed by atoms with Crippen LogP contribution in [-0.2, 0) is 0 Å². The Labute approximate surface area is 82.6 Å². The summed E-state index contributed by atoms with van der Waals surface area (Å²) in [6.45, 7) is 0. The lowest BCUT2D eigenvalue weighted by atomic mass is 10.2. The van der Waals surface area contributed by atoms with Crippen LogP contribution in [0, 0.1) is 0 Å². The van der Waals surface area contributed by atoms with E-state index in [2.05, 4.69) is 33.0 Å². The molecule has 0 aliphatic rings. The lowest BCUT2D eigenvalue weighted by molar-refractivity contribution is 1.57. The maximum Gasteiger partial charge on any atom is 0.277 e. The third-order valence-electron chi connectivity index (χ3n) is 1.26. The SMILES string of the molecule is Nc1cc(N)cc([N]([Al])[Al])c1. The smallest absolute Gasteiger partial charge is 0.277 e. The molecule has 3 nitrogen and oxygen atoms in total. The van der Waals surface area contributed by atoms with E-state index in [9.17, 15) is 0 Å². The summed E-state index contributed by atoms with van der Waals surface area (Å²) < 4.78 is 1.80. The minimum atomic E-state index is 0.676. The largest absolute Gasteiger partial charge is 0.587 e. The van der Waals surface area contributed by atoms with Crippen molar-refractivity contribution in [1.82, 2.24) is 0 Å². The average Bonchev–Trinajstić information content (AvgIpc) is 1.85. The fourth-order valence-corrected chi connectivity index (χ4v) is 1.11. The van der Waals surface area contributed by atoms with E-state index in [1.54, 1.807) is 8.93 Å². The highest BCUT2D eigenvalue weighted by molar-refractivity contribution is 6.41. The second-order valence-electron chi connectivity index (χ2n) is 2.27. The minimum Gasteiger partial charge on any atom is -0.587 e. The Kier molecular flexibility index (Phi) is 2.70. The number of benzene rings is 1. The van der Waals surface area contributed by atoms with Crippen LogP contribution in [-0.4, -0.2) is 33.0 Å². The van der Waals surface area contributed by atoms with Crippen LogP contribution in [0.4, 0.5) is 17.1 Å². The second-order valence-corrected chi connectivity index (χ2v) is 3.97. The van der Waals surface area contributed by atoms with Crippen molar-refractivity contribution in [1.29, 1.82) is 0 Å². The zero-order chi connectivity index (χ0) is 8.43. The molecule has 1 rings (SSSR count). The van der Waals surface area contributed by atoms with E-state index in [1.165, 1.54) is 0 Å². The maximum atomic E-state index is 5.57. The van der Waals surface area contributed by atoms with E-state index in [0.29, 0.717) is 11.4 Å². The van der Waals surface area contributed by atoms with Gasteiger partial charge in [-0.3, -0.25) is 0 Å². The zero-order valence-corrected chi connectivity index (χ0v) is 8.30. The van der Waals surface area contributed by atoms with Gasteiger partial charge in [0.05, 0.1) is 0 Å². The predicted octanol–water partition coefficient (Wildman–Crippen LogP) is -0.176. The molecule has 4 N–H and O–H groups in total. The number of nitrogen functional groups attached to an aromatic ring is 2. The van der Waals surface area contributed by atoms with Crippen LogP contribution in [0.5, 0.6) is 0 Å². The highest BCUT2D eigenvalue weighted by Crippen LogP contribution is 2.19. The highest BCUT2D eigenvalue weighted by Gasteiger charge is 1.95. The predicted molar refractivity (Wildman–Crippen MR) is 49.3 cm³/mol. The fourth-order valence-electron chi connectivity index (χ4n) is 0.808. The Bertz CT molecular complexity index is 242. The van der Waals surface area contributed by atoms with Crippen LogP contribution >= 0.6 is 0 Å². The van der Waals surface area contributed by atoms with Gasteiger partial charge in [0.2, 0.25) is 0 Å². The van der Waals surface area contributed by atoms with Crippen molar-refractivity contribution >= 4 is 50.1 Å². The van der Waals surface area contributed by atoms with Crippen molar-refractivity contribution in [3.63, 3.8) is 0 Å². The second kappa shape index (κ2) is 3.39. The fraction of sp³-hybridized carbons (Fsp3) is 0. The van der Waals surface area contributed by atoms with Gasteiger partial charge >= 0.3 is 0 Å². The van der Waals surface area contributed by atoms with E-state index in [1.807, 2.05) is 12.1 Å². The molecule has 0 fully saturated rings. The summed E-state index contributed by atoms with van der Waals surface area (Å²) in [5.74, 6) is 0. The zero-order valence-electron chi connectivity index (χ0n) is 5.99. The molecule has 0 bridgehead atoms. The van der Waals surface area contributed by atoms with Crippen molar-refractivity contribution in [3.05, 3.63) is 18.2 Å². The molecular weight excluding hydrogens is 168 g/mol. The van der Waals surface area contributed by atoms with Crippen LogP contribution in [0.2, 0.25) is 0 Å². The molecule has 11 heavy (non-hydrogen) atoms. The van der Waals surface area contributed by atoms with Crippen molar-refractivity contribution in [2.24, 2.45) is 0 Å². The van der Waals surface area contributed by atoms with E-state index < -0.39 is 0 Å². The van der Waals surface area contributed by atoms with Crippen LogP contribution in [0.3, 0.4) is 0 Å². The molecule has 0 amide bonds. The third-order valence-corrected chi connectivity index (χ3v) is 1.86. The van der Waals surface area contributed by atoms with Gasteiger partial charge in [-0.2, -0.15) is 0 Å². The molecule has 0 atom stereocenters. The molecule has 5 heteroatoms. The lowest BCUT2D eigenvalue weighted by Crippen LogP contribution is -2.14.